The number of amides is 1. The molecule has 1 aliphatic rings. The van der Waals surface area contributed by atoms with Crippen LogP contribution in [0.2, 0.25) is 0 Å². The number of aryl methyl sites for hydroxylation is 1. The summed E-state index contributed by atoms with van der Waals surface area (Å²) in [6.45, 7) is 0.634. The van der Waals surface area contributed by atoms with Crippen LogP contribution < -0.4 is 9.64 Å². The number of para-hydroxylation sites is 1. The van der Waals surface area contributed by atoms with Gasteiger partial charge in [-0.05, 0) is 49.1 Å². The second-order valence-corrected chi connectivity index (χ2v) is 5.39. The zero-order chi connectivity index (χ0) is 15.5. The molecule has 0 unspecified atom stereocenters. The Morgan fingerprint density at radius 2 is 2.00 bits per heavy atom. The predicted octanol–water partition coefficient (Wildman–Crippen LogP) is 3.82. The molecule has 2 aromatic rings. The Labute approximate surface area is 129 Å². The lowest BCUT2D eigenvalue weighted by Gasteiger charge is -2.23. The molecule has 0 fully saturated rings. The highest BCUT2D eigenvalue weighted by atomic mass is 19.1. The van der Waals surface area contributed by atoms with Crippen LogP contribution in [0.1, 0.15) is 28.8 Å². The highest BCUT2D eigenvalue weighted by Crippen LogP contribution is 2.29. The fourth-order valence-electron chi connectivity index (χ4n) is 2.90. The van der Waals surface area contributed by atoms with E-state index in [4.69, 9.17) is 4.74 Å². The van der Waals surface area contributed by atoms with Crippen molar-refractivity contribution in [2.24, 2.45) is 0 Å². The van der Waals surface area contributed by atoms with Crippen LogP contribution in [0.3, 0.4) is 0 Å². The maximum atomic E-state index is 13.6. The van der Waals surface area contributed by atoms with E-state index in [2.05, 4.69) is 0 Å². The molecule has 0 atom stereocenters. The molecular formula is C18H18FNO2. The van der Waals surface area contributed by atoms with Gasteiger partial charge in [0, 0.05) is 12.2 Å². The number of methoxy groups -OCH3 is 1. The van der Waals surface area contributed by atoms with Crippen molar-refractivity contribution in [1.29, 1.82) is 0 Å². The summed E-state index contributed by atoms with van der Waals surface area (Å²) >= 11 is 0. The first-order valence-corrected chi connectivity index (χ1v) is 7.44. The van der Waals surface area contributed by atoms with Gasteiger partial charge in [-0.2, -0.15) is 0 Å². The van der Waals surface area contributed by atoms with Crippen molar-refractivity contribution in [3.05, 3.63) is 59.4 Å². The minimum absolute atomic E-state index is 0.217. The minimum Gasteiger partial charge on any atom is -0.496 e. The summed E-state index contributed by atoms with van der Waals surface area (Å²) < 4.78 is 18.8. The molecule has 3 nitrogen and oxygen atoms in total. The van der Waals surface area contributed by atoms with Gasteiger partial charge in [0.1, 0.15) is 11.6 Å². The van der Waals surface area contributed by atoms with Gasteiger partial charge in [0.05, 0.1) is 12.7 Å². The molecule has 0 aliphatic carbocycles. The Morgan fingerprint density at radius 1 is 1.18 bits per heavy atom. The quantitative estimate of drug-likeness (QED) is 0.843. The molecular weight excluding hydrogens is 281 g/mol. The van der Waals surface area contributed by atoms with Gasteiger partial charge < -0.3 is 9.64 Å². The van der Waals surface area contributed by atoms with E-state index in [1.54, 1.807) is 4.90 Å². The third-order valence-electron chi connectivity index (χ3n) is 4.00. The average molecular weight is 299 g/mol. The molecule has 1 amide bonds. The largest absolute Gasteiger partial charge is 0.496 e. The predicted molar refractivity (Wildman–Crippen MR) is 84.0 cm³/mol. The van der Waals surface area contributed by atoms with Crippen LogP contribution in [0.15, 0.2) is 42.5 Å². The van der Waals surface area contributed by atoms with Crippen molar-refractivity contribution in [2.75, 3.05) is 18.6 Å². The lowest BCUT2D eigenvalue weighted by Crippen LogP contribution is -2.32. The lowest BCUT2D eigenvalue weighted by atomic mass is 10.1. The zero-order valence-electron chi connectivity index (χ0n) is 12.5. The van der Waals surface area contributed by atoms with Crippen LogP contribution in [0.4, 0.5) is 10.1 Å². The van der Waals surface area contributed by atoms with Crippen molar-refractivity contribution in [3.8, 4) is 5.75 Å². The van der Waals surface area contributed by atoms with Crippen LogP contribution in [-0.2, 0) is 6.42 Å². The Balaban J connectivity index is 2.04. The number of benzene rings is 2. The molecule has 0 spiro atoms. The summed E-state index contributed by atoms with van der Waals surface area (Å²) in [4.78, 5) is 14.7. The second-order valence-electron chi connectivity index (χ2n) is 5.39. The van der Waals surface area contributed by atoms with Crippen molar-refractivity contribution in [2.45, 2.75) is 19.3 Å². The molecule has 2 aromatic carbocycles. The van der Waals surface area contributed by atoms with E-state index < -0.39 is 5.82 Å². The SMILES string of the molecule is COc1ccc(F)cc1C(=O)N1CCCCc2ccccc21. The molecule has 0 saturated heterocycles. The fourth-order valence-corrected chi connectivity index (χ4v) is 2.90. The fraction of sp³-hybridized carbons (Fsp3) is 0.278. The van der Waals surface area contributed by atoms with Crippen LogP contribution >= 0.6 is 0 Å². The standard InChI is InChI=1S/C18H18FNO2/c1-22-17-10-9-14(19)12-15(17)18(21)20-11-5-4-7-13-6-2-3-8-16(13)20/h2-3,6,8-10,12H,4-5,7,11H2,1H3. The van der Waals surface area contributed by atoms with Crippen molar-refractivity contribution in [3.63, 3.8) is 0 Å². The monoisotopic (exact) mass is 299 g/mol. The van der Waals surface area contributed by atoms with Gasteiger partial charge >= 0.3 is 0 Å². The third-order valence-corrected chi connectivity index (χ3v) is 4.00. The van der Waals surface area contributed by atoms with Gasteiger partial charge in [-0.3, -0.25) is 4.79 Å². The summed E-state index contributed by atoms with van der Waals surface area (Å²) in [6, 6.07) is 11.9. The Bertz CT molecular complexity index is 699. The zero-order valence-corrected chi connectivity index (χ0v) is 12.5. The number of rotatable bonds is 2. The Kier molecular flexibility index (Phi) is 4.09. The Hall–Kier alpha value is -2.36. The van der Waals surface area contributed by atoms with E-state index in [-0.39, 0.29) is 11.5 Å². The first-order chi connectivity index (χ1) is 10.7. The molecule has 0 aromatic heterocycles. The summed E-state index contributed by atoms with van der Waals surface area (Å²) in [7, 11) is 1.49. The number of anilines is 1. The number of ether oxygens (including phenoxy) is 1. The van der Waals surface area contributed by atoms with Crippen LogP contribution in [0.5, 0.6) is 5.75 Å². The summed E-state index contributed by atoms with van der Waals surface area (Å²) in [5.74, 6) is -0.258. The topological polar surface area (TPSA) is 29.5 Å². The molecule has 4 heteroatoms. The summed E-state index contributed by atoms with van der Waals surface area (Å²) in [6.07, 6.45) is 2.93. The molecule has 0 bridgehead atoms. The van der Waals surface area contributed by atoms with Crippen LogP contribution in [-0.4, -0.2) is 19.6 Å². The summed E-state index contributed by atoms with van der Waals surface area (Å²) in [5, 5.41) is 0. The van der Waals surface area contributed by atoms with Gasteiger partial charge in [0.2, 0.25) is 0 Å². The van der Waals surface area contributed by atoms with Crippen LogP contribution in [0.25, 0.3) is 0 Å². The van der Waals surface area contributed by atoms with E-state index in [0.29, 0.717) is 12.3 Å². The van der Waals surface area contributed by atoms with Gasteiger partial charge in [0.25, 0.3) is 5.91 Å². The van der Waals surface area contributed by atoms with E-state index in [1.807, 2.05) is 24.3 Å². The minimum atomic E-state index is -0.438. The molecule has 0 radical (unpaired) electrons. The molecule has 3 rings (SSSR count). The van der Waals surface area contributed by atoms with Crippen molar-refractivity contribution in [1.82, 2.24) is 0 Å². The first kappa shape index (κ1) is 14.6. The third kappa shape index (κ3) is 2.69. The molecule has 22 heavy (non-hydrogen) atoms. The normalized spacial score (nSPS) is 14.2. The highest BCUT2D eigenvalue weighted by molar-refractivity contribution is 6.08. The molecule has 0 saturated carbocycles. The molecule has 0 N–H and O–H groups in total. The molecule has 114 valence electrons. The summed E-state index contributed by atoms with van der Waals surface area (Å²) in [5.41, 5.74) is 2.33. The number of carbonyl (C=O) groups is 1. The second kappa shape index (κ2) is 6.18. The van der Waals surface area contributed by atoms with E-state index in [0.717, 1.165) is 30.5 Å². The number of fused-ring (bicyclic) bond motifs is 1. The van der Waals surface area contributed by atoms with Gasteiger partial charge in [-0.25, -0.2) is 4.39 Å². The van der Waals surface area contributed by atoms with Gasteiger partial charge in [-0.15, -0.1) is 0 Å². The van der Waals surface area contributed by atoms with Crippen LogP contribution in [0, 0.1) is 5.82 Å². The number of hydrogen-bond acceptors (Lipinski definition) is 2. The smallest absolute Gasteiger partial charge is 0.262 e. The van der Waals surface area contributed by atoms with Gasteiger partial charge in [0.15, 0.2) is 0 Å². The average Bonchev–Trinajstić information content (AvgIpc) is 2.76. The molecule has 1 heterocycles. The molecule has 1 aliphatic heterocycles. The Morgan fingerprint density at radius 3 is 2.82 bits per heavy atom. The van der Waals surface area contributed by atoms with Crippen molar-refractivity contribution < 1.29 is 13.9 Å². The van der Waals surface area contributed by atoms with E-state index in [1.165, 1.54) is 25.3 Å². The lowest BCUT2D eigenvalue weighted by molar-refractivity contribution is 0.0983. The first-order valence-electron chi connectivity index (χ1n) is 7.44. The number of nitrogens with zero attached hydrogens (tertiary/aromatic N) is 1. The number of carbonyl (C=O) groups excluding carboxylic acids is 1. The number of hydrogen-bond donors (Lipinski definition) is 0. The van der Waals surface area contributed by atoms with Crippen molar-refractivity contribution >= 4 is 11.6 Å². The maximum Gasteiger partial charge on any atom is 0.262 e. The van der Waals surface area contributed by atoms with E-state index in [9.17, 15) is 9.18 Å². The van der Waals surface area contributed by atoms with Gasteiger partial charge in [-0.1, -0.05) is 18.2 Å². The number of halogens is 1. The maximum absolute atomic E-state index is 13.6. The highest BCUT2D eigenvalue weighted by Gasteiger charge is 2.24. The van der Waals surface area contributed by atoms with E-state index >= 15 is 0 Å².